The maximum atomic E-state index is 6.13. The summed E-state index contributed by atoms with van der Waals surface area (Å²) >= 11 is 3.62. The molecule has 0 saturated heterocycles. The Morgan fingerprint density at radius 1 is 0.339 bits per heavy atom. The molecule has 0 atom stereocenters. The van der Waals surface area contributed by atoms with Crippen molar-refractivity contribution in [2.75, 3.05) is 78.2 Å². The molecule has 59 heavy (non-hydrogen) atoms. The zero-order valence-corrected chi connectivity index (χ0v) is 41.7. The summed E-state index contributed by atoms with van der Waals surface area (Å²) in [5.41, 5.74) is 0. The lowest BCUT2D eigenvalue weighted by Crippen LogP contribution is -2.55. The third-order valence-corrected chi connectivity index (χ3v) is 24.2. The van der Waals surface area contributed by atoms with E-state index in [4.69, 9.17) is 48.7 Å². The molecule has 0 fully saturated rings. The van der Waals surface area contributed by atoms with Gasteiger partial charge >= 0.3 is 35.0 Å². The summed E-state index contributed by atoms with van der Waals surface area (Å²) in [6.07, 6.45) is 0. The molecule has 16 heteroatoms. The zero-order chi connectivity index (χ0) is 43.1. The van der Waals surface area contributed by atoms with E-state index in [0.29, 0.717) is 24.2 Å². The van der Waals surface area contributed by atoms with Crippen LogP contribution in [0.1, 0.15) is 0 Å². The highest BCUT2D eigenvalue weighted by Crippen LogP contribution is 2.32. The van der Waals surface area contributed by atoms with Gasteiger partial charge in [0.2, 0.25) is 0 Å². The molecule has 0 saturated carbocycles. The summed E-state index contributed by atoms with van der Waals surface area (Å²) in [6.45, 7) is 0. The van der Waals surface area contributed by atoms with Crippen LogP contribution >= 0.6 is 15.9 Å². The van der Waals surface area contributed by atoms with Crippen molar-refractivity contribution in [3.05, 3.63) is 114 Å². The highest BCUT2D eigenvalue weighted by Gasteiger charge is 2.47. The van der Waals surface area contributed by atoms with Gasteiger partial charge in [0.1, 0.15) is 0 Å². The maximum Gasteiger partial charge on any atom is 0.500 e. The van der Waals surface area contributed by atoms with Gasteiger partial charge in [-0.05, 0) is 61.3 Å². The summed E-state index contributed by atoms with van der Waals surface area (Å²) < 4.78 is 62.2. The smallest absolute Gasteiger partial charge is 0.394 e. The van der Waals surface area contributed by atoms with Crippen LogP contribution in [-0.2, 0) is 48.7 Å². The first-order valence-corrected chi connectivity index (χ1v) is 27.7. The third-order valence-electron chi connectivity index (χ3n) is 10.9. The lowest BCUT2D eigenvalue weighted by atomic mass is 10.0. The summed E-state index contributed by atoms with van der Waals surface area (Å²) in [7, 11) is 7.16. The van der Waals surface area contributed by atoms with Crippen molar-refractivity contribution in [1.29, 1.82) is 0 Å². The fourth-order valence-electron chi connectivity index (χ4n) is 7.31. The average Bonchev–Trinajstić information content (AvgIpc) is 3.31. The van der Waals surface area contributed by atoms with E-state index in [1.54, 1.807) is 78.2 Å². The Morgan fingerprint density at radius 3 is 1.03 bits per heavy atom. The van der Waals surface area contributed by atoms with Gasteiger partial charge in [0.25, 0.3) is 0 Å². The molecule has 0 aliphatic rings. The molecule has 0 heterocycles. The minimum Gasteiger partial charge on any atom is -0.394 e. The highest BCUT2D eigenvalue weighted by atomic mass is 79.9. The molecular formula is C43H59BrO11Si4. The molecule has 11 nitrogen and oxygen atoms in total. The van der Waals surface area contributed by atoms with Gasteiger partial charge in [0, 0.05) is 106 Å². The van der Waals surface area contributed by atoms with E-state index in [1.165, 1.54) is 37.7 Å². The van der Waals surface area contributed by atoms with Crippen molar-refractivity contribution in [3.63, 3.8) is 0 Å². The molecule has 6 aromatic rings. The number of hydrogen-bond acceptors (Lipinski definition) is 11. The maximum absolute atomic E-state index is 6.13. The van der Waals surface area contributed by atoms with Crippen molar-refractivity contribution in [2.45, 2.75) is 24.2 Å². The second-order valence-corrected chi connectivity index (χ2v) is 26.9. The van der Waals surface area contributed by atoms with Crippen LogP contribution in [0.2, 0.25) is 24.2 Å². The van der Waals surface area contributed by atoms with Crippen molar-refractivity contribution in [3.8, 4) is 0 Å². The minimum atomic E-state index is -2.77. The Kier molecular flexibility index (Phi) is 19.0. The Balaban J connectivity index is 0.000000211. The predicted molar refractivity (Wildman–Crippen MR) is 250 cm³/mol. The largest absolute Gasteiger partial charge is 0.500 e. The molecule has 6 rings (SSSR count). The second kappa shape index (κ2) is 22.9. The number of halogens is 1. The van der Waals surface area contributed by atoms with Crippen LogP contribution in [0.15, 0.2) is 114 Å². The van der Waals surface area contributed by atoms with Crippen LogP contribution in [0.3, 0.4) is 0 Å². The molecule has 0 aliphatic carbocycles. The third kappa shape index (κ3) is 11.2. The highest BCUT2D eigenvalue weighted by molar-refractivity contribution is 9.10. The van der Waals surface area contributed by atoms with E-state index < -0.39 is 35.0 Å². The number of fused-ring (bicyclic) bond motifs is 6. The first-order chi connectivity index (χ1) is 28.5. The van der Waals surface area contributed by atoms with Gasteiger partial charge in [0.15, 0.2) is 0 Å². The molecule has 0 aliphatic heterocycles. The minimum absolute atomic E-state index is 0.595. The summed E-state index contributed by atoms with van der Waals surface area (Å²) in [5, 5.41) is 11.1. The molecule has 6 aromatic carbocycles. The average molecular weight is 944 g/mol. The topological polar surface area (TPSA) is 102 Å². The second-order valence-electron chi connectivity index (χ2n) is 13.4. The van der Waals surface area contributed by atoms with Crippen molar-refractivity contribution in [2.24, 2.45) is 0 Å². The van der Waals surface area contributed by atoms with E-state index in [1.807, 2.05) is 0 Å². The van der Waals surface area contributed by atoms with E-state index >= 15 is 0 Å². The lowest BCUT2D eigenvalue weighted by Gasteiger charge is -2.32. The summed E-state index contributed by atoms with van der Waals surface area (Å²) in [5.74, 6) is 0. The molecule has 0 bridgehead atoms. The normalized spacial score (nSPS) is 12.4. The van der Waals surface area contributed by atoms with Crippen LogP contribution in [0.5, 0.6) is 0 Å². The van der Waals surface area contributed by atoms with E-state index in [9.17, 15) is 0 Å². The SMILES string of the molecule is Brc1cc2ccccc2c2ccccc12.CO[Si](CC[Si](OC)(OC)OC)(OC)OC.CO[Si](CC[Si](OC)(OC)c1cc2ccccc2c2ccccc12)(OC)OC. The van der Waals surface area contributed by atoms with Gasteiger partial charge in [-0.3, -0.25) is 0 Å². The van der Waals surface area contributed by atoms with Gasteiger partial charge < -0.3 is 48.7 Å². The van der Waals surface area contributed by atoms with Gasteiger partial charge in [-0.15, -0.1) is 0 Å². The predicted octanol–water partition coefficient (Wildman–Crippen LogP) is 9.31. The number of rotatable bonds is 18. The Bertz CT molecular complexity index is 2170. The van der Waals surface area contributed by atoms with E-state index in [2.05, 4.69) is 125 Å². The molecule has 0 amide bonds. The molecule has 320 valence electrons. The van der Waals surface area contributed by atoms with Crippen LogP contribution in [0.4, 0.5) is 0 Å². The van der Waals surface area contributed by atoms with Crippen LogP contribution in [0.25, 0.3) is 43.1 Å². The Labute approximate surface area is 362 Å². The van der Waals surface area contributed by atoms with Crippen molar-refractivity contribution in [1.82, 2.24) is 0 Å². The van der Waals surface area contributed by atoms with Gasteiger partial charge in [0.05, 0.1) is 0 Å². The summed E-state index contributed by atoms with van der Waals surface area (Å²) in [6, 6.07) is 40.7. The number of benzene rings is 6. The number of hydrogen-bond donors (Lipinski definition) is 0. The van der Waals surface area contributed by atoms with Crippen LogP contribution < -0.4 is 5.19 Å². The lowest BCUT2D eigenvalue weighted by molar-refractivity contribution is 0.109. The van der Waals surface area contributed by atoms with Gasteiger partial charge in [-0.2, -0.15) is 0 Å². The first-order valence-electron chi connectivity index (χ1n) is 19.1. The van der Waals surface area contributed by atoms with Gasteiger partial charge in [-0.1, -0.05) is 113 Å². The van der Waals surface area contributed by atoms with Crippen molar-refractivity contribution >= 4 is 99.2 Å². The molecule has 0 unspecified atom stereocenters. The fraction of sp³-hybridized carbons (Fsp3) is 0.349. The van der Waals surface area contributed by atoms with Crippen molar-refractivity contribution < 1.29 is 48.7 Å². The molecule has 0 N–H and O–H groups in total. The standard InChI is InChI=1S/C21H28O5Si2.C14H9Br.C8H22O6Si2/c1-22-27(23-2,14-15-28(24-3,25-4)26-5)21-16-17-10-6-7-11-18(17)19-12-8-9-13-20(19)21;15-14-9-10-5-1-2-6-11(10)12-7-3-4-8-13(12)14;1-9-15(10-2,11-3)7-8-16(12-4,13-5)14-6/h6-13,16H,14-15H2,1-5H3;1-9H;7-8H2,1-6H3. The Morgan fingerprint density at radius 2 is 0.644 bits per heavy atom. The molecule has 0 aromatic heterocycles. The zero-order valence-electron chi connectivity index (χ0n) is 36.1. The van der Waals surface area contributed by atoms with Gasteiger partial charge in [-0.25, -0.2) is 0 Å². The first kappa shape index (κ1) is 48.9. The quantitative estimate of drug-likeness (QED) is 0.0609. The van der Waals surface area contributed by atoms with Crippen LogP contribution in [-0.4, -0.2) is 113 Å². The summed E-state index contributed by atoms with van der Waals surface area (Å²) in [4.78, 5) is 0. The molecular weight excluding hydrogens is 885 g/mol. The van der Waals surface area contributed by atoms with Crippen LogP contribution in [0, 0.1) is 0 Å². The fourth-order valence-corrected chi connectivity index (χ4v) is 18.5. The monoisotopic (exact) mass is 942 g/mol. The Hall–Kier alpha value is -2.73. The van der Waals surface area contributed by atoms with E-state index in [0.717, 1.165) is 15.0 Å². The molecule has 0 spiro atoms. The molecule has 0 radical (unpaired) electrons. The van der Waals surface area contributed by atoms with E-state index in [-0.39, 0.29) is 0 Å².